The lowest BCUT2D eigenvalue weighted by molar-refractivity contribution is -0.268. The van der Waals surface area contributed by atoms with Crippen LogP contribution in [0.2, 0.25) is 0 Å². The third-order valence-corrected chi connectivity index (χ3v) is 18.1. The second-order valence-electron chi connectivity index (χ2n) is 22.7. The zero-order chi connectivity index (χ0) is 54.7. The highest BCUT2D eigenvalue weighted by Crippen LogP contribution is 2.44. The molecule has 3 unspecified atom stereocenters. The van der Waals surface area contributed by atoms with Crippen LogP contribution in [0, 0.1) is 35.5 Å². The first-order valence-electron chi connectivity index (χ1n) is 26.9. The SMILES string of the molecule is CC[C@H]1OC(=O)[C@H](C)[C@@H](C2C[C@H](C)[C@H](C)[C@@H](O)[C@H](C)O2)[C@H](C)[C@@H](O[C@H]2CC(N(C)CC/C(N)=C/N[C@H](CF)[C@H](OC)c3ccc(S(=O)CCOC)cc3)C[C@@H](C)O2)[C@](C)(O)C[C@@H](C)CN(C)[C@H](C)[C@@H](O)[C@]1(C)O. The van der Waals surface area contributed by atoms with Crippen molar-refractivity contribution in [2.24, 2.45) is 41.2 Å². The number of hydrogen-bond acceptors (Lipinski definition) is 16. The largest absolute Gasteiger partial charge is 0.459 e. The zero-order valence-corrected chi connectivity index (χ0v) is 47.7. The van der Waals surface area contributed by atoms with Gasteiger partial charge in [0, 0.05) is 74.9 Å². The molecular weight excluding hydrogens is 960 g/mol. The Bertz CT molecular complexity index is 1870. The van der Waals surface area contributed by atoms with Gasteiger partial charge in [-0.05, 0) is 116 Å². The van der Waals surface area contributed by atoms with Gasteiger partial charge in [0.25, 0.3) is 0 Å². The minimum Gasteiger partial charge on any atom is -0.459 e. The number of carbonyl (C=O) groups is 1. The maximum Gasteiger partial charge on any atom is 0.309 e. The number of rotatable bonds is 18. The van der Waals surface area contributed by atoms with E-state index in [4.69, 9.17) is 34.2 Å². The topological polar surface area (TPSA) is 215 Å². The van der Waals surface area contributed by atoms with Crippen LogP contribution in [0.3, 0.4) is 0 Å². The Morgan fingerprint density at radius 1 is 1.03 bits per heavy atom. The summed E-state index contributed by atoms with van der Waals surface area (Å²) in [6.45, 7) is 21.5. The van der Waals surface area contributed by atoms with Gasteiger partial charge in [-0.1, -0.05) is 53.7 Å². The van der Waals surface area contributed by atoms with Crippen LogP contribution in [0.5, 0.6) is 0 Å². The van der Waals surface area contributed by atoms with E-state index >= 15 is 0 Å². The molecule has 7 N–H and O–H groups in total. The van der Waals surface area contributed by atoms with E-state index in [0.29, 0.717) is 68.1 Å². The number of aliphatic hydroxyl groups is 4. The number of hydrogen-bond donors (Lipinski definition) is 6. The van der Waals surface area contributed by atoms with Crippen molar-refractivity contribution in [3.8, 4) is 0 Å². The van der Waals surface area contributed by atoms with Gasteiger partial charge in [0.15, 0.2) is 6.29 Å². The number of ether oxygens (including phenoxy) is 6. The molecule has 3 heterocycles. The van der Waals surface area contributed by atoms with Gasteiger partial charge < -0.3 is 69.7 Å². The van der Waals surface area contributed by atoms with Crippen LogP contribution < -0.4 is 11.1 Å². The van der Waals surface area contributed by atoms with Crippen LogP contribution in [-0.4, -0.2) is 179 Å². The van der Waals surface area contributed by atoms with Gasteiger partial charge in [0.1, 0.15) is 30.6 Å². The Morgan fingerprint density at radius 2 is 1.68 bits per heavy atom. The van der Waals surface area contributed by atoms with Gasteiger partial charge >= 0.3 is 5.97 Å². The molecule has 0 aliphatic carbocycles. The number of benzene rings is 1. The Balaban J connectivity index is 1.61. The molecule has 0 radical (unpaired) electrons. The number of carbonyl (C=O) groups excluding carboxylic acids is 1. The first-order valence-corrected chi connectivity index (χ1v) is 28.2. The van der Waals surface area contributed by atoms with Gasteiger partial charge in [0.2, 0.25) is 0 Å². The molecule has 0 aromatic heterocycles. The first-order chi connectivity index (χ1) is 34.2. The normalized spacial score (nSPS) is 39.4. The molecule has 422 valence electrons. The molecule has 3 aliphatic heterocycles. The third-order valence-electron chi connectivity index (χ3n) is 16.7. The minimum absolute atomic E-state index is 0.000828. The van der Waals surface area contributed by atoms with E-state index in [0.717, 1.165) is 5.56 Å². The van der Waals surface area contributed by atoms with E-state index in [2.05, 4.69) is 17.1 Å². The van der Waals surface area contributed by atoms with Crippen LogP contribution in [-0.2, 0) is 44.0 Å². The van der Waals surface area contributed by atoms with Crippen LogP contribution >= 0.6 is 0 Å². The number of nitrogens with one attached hydrogen (secondary N) is 1. The van der Waals surface area contributed by atoms with Crippen LogP contribution in [0.15, 0.2) is 41.1 Å². The number of nitrogens with zero attached hydrogens (tertiary/aromatic N) is 2. The number of alkyl halides is 1. The number of cyclic esters (lactones) is 1. The minimum atomic E-state index is -1.78. The van der Waals surface area contributed by atoms with Gasteiger partial charge in [-0.15, -0.1) is 0 Å². The third kappa shape index (κ3) is 16.6. The summed E-state index contributed by atoms with van der Waals surface area (Å²) >= 11 is 0. The van der Waals surface area contributed by atoms with E-state index in [-0.39, 0.29) is 36.3 Å². The van der Waals surface area contributed by atoms with Crippen molar-refractivity contribution in [1.82, 2.24) is 15.1 Å². The maximum atomic E-state index is 14.6. The summed E-state index contributed by atoms with van der Waals surface area (Å²) in [5.41, 5.74) is 4.56. The van der Waals surface area contributed by atoms with Gasteiger partial charge in [-0.25, -0.2) is 4.39 Å². The molecule has 4 rings (SSSR count). The second kappa shape index (κ2) is 28.3. The van der Waals surface area contributed by atoms with E-state index in [1.54, 1.807) is 51.4 Å². The predicted molar refractivity (Wildman–Crippen MR) is 282 cm³/mol. The first kappa shape index (κ1) is 63.2. The fraction of sp³-hybridized carbons (Fsp3) is 0.836. The van der Waals surface area contributed by atoms with Gasteiger partial charge in [-0.2, -0.15) is 0 Å². The summed E-state index contributed by atoms with van der Waals surface area (Å²) in [7, 11) is 5.78. The van der Waals surface area contributed by atoms with Crippen molar-refractivity contribution in [3.05, 3.63) is 41.7 Å². The Hall–Kier alpha value is -2.33. The number of esters is 1. The smallest absolute Gasteiger partial charge is 0.309 e. The fourth-order valence-corrected chi connectivity index (χ4v) is 12.9. The average Bonchev–Trinajstić information content (AvgIpc) is 3.43. The molecular formula is C55H97FN4O12S. The summed E-state index contributed by atoms with van der Waals surface area (Å²) in [6, 6.07) is 5.87. The van der Waals surface area contributed by atoms with Crippen molar-refractivity contribution in [2.75, 3.05) is 60.4 Å². The van der Waals surface area contributed by atoms with Crippen molar-refractivity contribution in [2.45, 2.75) is 204 Å². The average molecular weight is 1060 g/mol. The van der Waals surface area contributed by atoms with E-state index in [9.17, 15) is 33.8 Å². The highest BCUT2D eigenvalue weighted by Gasteiger charge is 2.52. The van der Waals surface area contributed by atoms with Crippen molar-refractivity contribution >= 4 is 16.8 Å². The van der Waals surface area contributed by atoms with Crippen LogP contribution in [0.1, 0.15) is 126 Å². The summed E-state index contributed by atoms with van der Waals surface area (Å²) in [5.74, 6) is -2.32. The molecule has 0 spiro atoms. The molecule has 0 saturated carbocycles. The van der Waals surface area contributed by atoms with Crippen molar-refractivity contribution in [3.63, 3.8) is 0 Å². The Labute approximate surface area is 440 Å². The highest BCUT2D eigenvalue weighted by atomic mass is 32.2. The highest BCUT2D eigenvalue weighted by molar-refractivity contribution is 7.85. The molecule has 3 aliphatic rings. The quantitative estimate of drug-likeness (QED) is 0.0973. The molecule has 3 saturated heterocycles. The molecule has 0 amide bonds. The second-order valence-corrected chi connectivity index (χ2v) is 24.3. The molecule has 18 heteroatoms. The monoisotopic (exact) mass is 1060 g/mol. The van der Waals surface area contributed by atoms with Crippen LogP contribution in [0.4, 0.5) is 4.39 Å². The molecule has 21 atom stereocenters. The Morgan fingerprint density at radius 3 is 2.29 bits per heavy atom. The van der Waals surface area contributed by atoms with E-state index in [1.807, 2.05) is 67.5 Å². The Kier molecular flexibility index (Phi) is 24.5. The number of methoxy groups -OCH3 is 2. The predicted octanol–water partition coefficient (Wildman–Crippen LogP) is 5.70. The summed E-state index contributed by atoms with van der Waals surface area (Å²) in [5, 5.41) is 51.0. The number of halogens is 1. The maximum absolute atomic E-state index is 14.6. The molecule has 0 bridgehead atoms. The summed E-state index contributed by atoms with van der Waals surface area (Å²) in [6.07, 6.45) is -2.22. The number of aliphatic hydroxyl groups excluding tert-OH is 2. The molecule has 3 fully saturated rings. The standard InChI is InChI=1S/C55H97FN4O12S/c1-16-46-55(11,65)51(62)38(8)60(13)31-32(2)28-54(10,64)52(36(6)48(37(7)53(63)71-46)45-25-33(3)35(5)49(61)39(9)70-45)72-47-27-42(26-34(4)69-47)59(12)22-21-41(57)30-58-44(29-56)50(68-15)40-17-19-43(20-18-40)73(66)24-23-67-14/h17-20,30,32-39,42,44-52,58,61-62,64-65H,16,21-29,31,57H2,1-15H3/b41-30-/t32-,33+,34-,35+,36+,37-,38-,39+,42?,44-,45?,46-,47+,48+,49-,50-,51-,52-,54-,55-,73?/m1/s1. The lowest BCUT2D eigenvalue weighted by Gasteiger charge is -2.47. The van der Waals surface area contributed by atoms with Gasteiger partial charge in [0.05, 0.1) is 71.2 Å². The fourth-order valence-electron chi connectivity index (χ4n) is 11.9. The van der Waals surface area contributed by atoms with Crippen molar-refractivity contribution in [1.29, 1.82) is 0 Å². The summed E-state index contributed by atoms with van der Waals surface area (Å²) < 4.78 is 64.7. The van der Waals surface area contributed by atoms with E-state index < -0.39 is 114 Å². The number of nitrogens with two attached hydrogens (primary N) is 1. The zero-order valence-electron chi connectivity index (χ0n) is 46.9. The summed E-state index contributed by atoms with van der Waals surface area (Å²) in [4.78, 5) is 19.5. The van der Waals surface area contributed by atoms with Gasteiger partial charge in [-0.3, -0.25) is 9.00 Å². The lowest BCUT2D eigenvalue weighted by atomic mass is 9.69. The molecule has 73 heavy (non-hydrogen) atoms. The van der Waals surface area contributed by atoms with Crippen molar-refractivity contribution < 1.29 is 62.2 Å². The molecule has 16 nitrogen and oxygen atoms in total. The van der Waals surface area contributed by atoms with E-state index in [1.165, 1.54) is 14.0 Å². The van der Waals surface area contributed by atoms with Crippen LogP contribution in [0.25, 0.3) is 0 Å². The number of likely N-dealkylation sites (N-methyl/N-ethyl adjacent to an activating group) is 1. The lowest BCUT2D eigenvalue weighted by Crippen LogP contribution is -2.59. The molecule has 1 aromatic rings. The molecule has 1 aromatic carbocycles.